The van der Waals surface area contributed by atoms with E-state index in [0.29, 0.717) is 24.9 Å². The number of hydrogen-bond acceptors (Lipinski definition) is 2. The van der Waals surface area contributed by atoms with Crippen LogP contribution in [-0.4, -0.2) is 12.6 Å². The maximum Gasteiger partial charge on any atom is 0.306 e. The van der Waals surface area contributed by atoms with Crippen molar-refractivity contribution in [3.63, 3.8) is 0 Å². The second-order valence-electron chi connectivity index (χ2n) is 2.97. The molecule has 0 amide bonds. The summed E-state index contributed by atoms with van der Waals surface area (Å²) in [6, 6.07) is 0. The van der Waals surface area contributed by atoms with Crippen molar-refractivity contribution in [1.82, 2.24) is 0 Å². The van der Waals surface area contributed by atoms with Crippen LogP contribution in [-0.2, 0) is 9.53 Å². The van der Waals surface area contributed by atoms with E-state index in [1.807, 2.05) is 0 Å². The Kier molecular flexibility index (Phi) is 1.26. The van der Waals surface area contributed by atoms with E-state index in [9.17, 15) is 4.79 Å². The molecular formula is C8H10O2. The fraction of sp³-hybridized carbons (Fsp3) is 0.625. The van der Waals surface area contributed by atoms with Crippen LogP contribution in [0, 0.1) is 11.8 Å². The van der Waals surface area contributed by atoms with Crippen LogP contribution in [0.5, 0.6) is 0 Å². The number of carbonyl (C=O) groups is 1. The van der Waals surface area contributed by atoms with Crippen molar-refractivity contribution in [2.45, 2.75) is 12.8 Å². The third-order valence-electron chi connectivity index (χ3n) is 2.29. The van der Waals surface area contributed by atoms with E-state index in [-0.39, 0.29) is 5.97 Å². The Balaban J connectivity index is 2.08. The molecule has 0 N–H and O–H groups in total. The normalized spacial score (nSPS) is 37.4. The van der Waals surface area contributed by atoms with Gasteiger partial charge in [-0.15, -0.1) is 0 Å². The first-order chi connectivity index (χ1) is 4.86. The molecule has 0 radical (unpaired) electrons. The van der Waals surface area contributed by atoms with E-state index < -0.39 is 0 Å². The van der Waals surface area contributed by atoms with Gasteiger partial charge in [0.1, 0.15) is 0 Å². The largest absolute Gasteiger partial charge is 0.465 e. The van der Waals surface area contributed by atoms with Crippen LogP contribution in [0.2, 0.25) is 0 Å². The molecular weight excluding hydrogens is 128 g/mol. The Hall–Kier alpha value is -0.790. The highest BCUT2D eigenvalue weighted by Crippen LogP contribution is 2.31. The van der Waals surface area contributed by atoms with Crippen molar-refractivity contribution >= 4 is 5.97 Å². The number of ether oxygens (including phenoxy) is 1. The van der Waals surface area contributed by atoms with Crippen LogP contribution in [0.25, 0.3) is 0 Å². The lowest BCUT2D eigenvalue weighted by Crippen LogP contribution is -2.26. The van der Waals surface area contributed by atoms with Crippen molar-refractivity contribution in [2.75, 3.05) is 6.61 Å². The standard InChI is InChI=1S/C8H10O2/c9-8-4-6-2-1-3-7(6)5-10-8/h1-2,6-7H,3-5H2/t6-,7+/m1/s1. The summed E-state index contributed by atoms with van der Waals surface area (Å²) >= 11 is 0. The van der Waals surface area contributed by atoms with Crippen LogP contribution in [0.4, 0.5) is 0 Å². The maximum atomic E-state index is 10.7. The van der Waals surface area contributed by atoms with Gasteiger partial charge in [0.15, 0.2) is 0 Å². The van der Waals surface area contributed by atoms with Gasteiger partial charge < -0.3 is 4.74 Å². The minimum Gasteiger partial charge on any atom is -0.465 e. The Morgan fingerprint density at radius 2 is 2.50 bits per heavy atom. The van der Waals surface area contributed by atoms with Crippen molar-refractivity contribution in [3.8, 4) is 0 Å². The summed E-state index contributed by atoms with van der Waals surface area (Å²) in [7, 11) is 0. The van der Waals surface area contributed by atoms with Gasteiger partial charge in [-0.05, 0) is 12.3 Å². The monoisotopic (exact) mass is 138 g/mol. The van der Waals surface area contributed by atoms with Crippen molar-refractivity contribution in [2.24, 2.45) is 11.8 Å². The zero-order valence-electron chi connectivity index (χ0n) is 5.75. The summed E-state index contributed by atoms with van der Waals surface area (Å²) in [4.78, 5) is 10.7. The lowest BCUT2D eigenvalue weighted by molar-refractivity contribution is -0.151. The predicted molar refractivity (Wildman–Crippen MR) is 36.3 cm³/mol. The van der Waals surface area contributed by atoms with Gasteiger partial charge >= 0.3 is 5.97 Å². The first kappa shape index (κ1) is 5.96. The predicted octanol–water partition coefficient (Wildman–Crippen LogP) is 1.13. The molecule has 0 bridgehead atoms. The smallest absolute Gasteiger partial charge is 0.306 e. The molecule has 0 saturated carbocycles. The van der Waals surface area contributed by atoms with Crippen molar-refractivity contribution in [3.05, 3.63) is 12.2 Å². The van der Waals surface area contributed by atoms with Gasteiger partial charge in [-0.2, -0.15) is 0 Å². The lowest BCUT2D eigenvalue weighted by atomic mass is 9.91. The maximum absolute atomic E-state index is 10.7. The third kappa shape index (κ3) is 0.838. The first-order valence-corrected chi connectivity index (χ1v) is 3.68. The number of carbonyl (C=O) groups excluding carboxylic acids is 1. The summed E-state index contributed by atoms with van der Waals surface area (Å²) in [5.41, 5.74) is 0. The molecule has 0 aromatic rings. The topological polar surface area (TPSA) is 26.3 Å². The number of rotatable bonds is 0. The number of fused-ring (bicyclic) bond motifs is 1. The van der Waals surface area contributed by atoms with E-state index in [2.05, 4.69) is 12.2 Å². The molecule has 2 atom stereocenters. The van der Waals surface area contributed by atoms with Gasteiger partial charge in [-0.1, -0.05) is 12.2 Å². The molecule has 2 nitrogen and oxygen atoms in total. The minimum absolute atomic E-state index is 0.0344. The molecule has 54 valence electrons. The fourth-order valence-electron chi connectivity index (χ4n) is 1.64. The molecule has 0 unspecified atom stereocenters. The number of hydrogen-bond donors (Lipinski definition) is 0. The van der Waals surface area contributed by atoms with E-state index in [4.69, 9.17) is 4.74 Å². The summed E-state index contributed by atoms with van der Waals surface area (Å²) in [6.07, 6.45) is 5.99. The molecule has 2 heteroatoms. The molecule has 1 saturated heterocycles. The zero-order valence-corrected chi connectivity index (χ0v) is 5.75. The molecule has 2 aliphatic rings. The molecule has 0 aromatic heterocycles. The molecule has 1 heterocycles. The Morgan fingerprint density at radius 1 is 1.60 bits per heavy atom. The van der Waals surface area contributed by atoms with Gasteiger partial charge in [0.25, 0.3) is 0 Å². The fourth-order valence-corrected chi connectivity index (χ4v) is 1.64. The summed E-state index contributed by atoms with van der Waals surface area (Å²) < 4.78 is 4.91. The molecule has 1 aliphatic heterocycles. The highest BCUT2D eigenvalue weighted by Gasteiger charge is 2.30. The van der Waals surface area contributed by atoms with E-state index in [1.54, 1.807) is 0 Å². The molecule has 10 heavy (non-hydrogen) atoms. The molecule has 1 aliphatic carbocycles. The Labute approximate surface area is 59.9 Å². The van der Waals surface area contributed by atoms with Crippen LogP contribution in [0.1, 0.15) is 12.8 Å². The average molecular weight is 138 g/mol. The Bertz CT molecular complexity index is 184. The molecule has 0 spiro atoms. The van der Waals surface area contributed by atoms with Gasteiger partial charge in [-0.25, -0.2) is 0 Å². The van der Waals surface area contributed by atoms with Crippen LogP contribution < -0.4 is 0 Å². The Morgan fingerprint density at radius 3 is 3.40 bits per heavy atom. The van der Waals surface area contributed by atoms with Crippen molar-refractivity contribution < 1.29 is 9.53 Å². The van der Waals surface area contributed by atoms with Gasteiger partial charge in [0.2, 0.25) is 0 Å². The summed E-state index contributed by atoms with van der Waals surface area (Å²) in [6.45, 7) is 0.635. The molecule has 2 rings (SSSR count). The zero-order chi connectivity index (χ0) is 6.97. The summed E-state index contributed by atoms with van der Waals surface area (Å²) in [5, 5.41) is 0. The molecule has 1 fully saturated rings. The van der Waals surface area contributed by atoms with E-state index in [0.717, 1.165) is 6.42 Å². The van der Waals surface area contributed by atoms with E-state index >= 15 is 0 Å². The van der Waals surface area contributed by atoms with Crippen LogP contribution >= 0.6 is 0 Å². The van der Waals surface area contributed by atoms with Gasteiger partial charge in [-0.3, -0.25) is 4.79 Å². The third-order valence-corrected chi connectivity index (χ3v) is 2.29. The minimum atomic E-state index is -0.0344. The van der Waals surface area contributed by atoms with E-state index in [1.165, 1.54) is 0 Å². The number of allylic oxidation sites excluding steroid dienone is 2. The van der Waals surface area contributed by atoms with Crippen LogP contribution in [0.15, 0.2) is 12.2 Å². The first-order valence-electron chi connectivity index (χ1n) is 3.68. The number of cyclic esters (lactones) is 1. The quantitative estimate of drug-likeness (QED) is 0.370. The molecule has 0 aromatic carbocycles. The summed E-state index contributed by atoms with van der Waals surface area (Å²) in [5.74, 6) is 1.05. The average Bonchev–Trinajstić information content (AvgIpc) is 2.33. The lowest BCUT2D eigenvalue weighted by Gasteiger charge is -2.23. The SMILES string of the molecule is O=C1C[C@H]2C=CC[C@H]2CO1. The second kappa shape index (κ2) is 2.11. The number of esters is 1. The highest BCUT2D eigenvalue weighted by atomic mass is 16.5. The van der Waals surface area contributed by atoms with Crippen LogP contribution in [0.3, 0.4) is 0 Å². The highest BCUT2D eigenvalue weighted by molar-refractivity contribution is 5.71. The van der Waals surface area contributed by atoms with Crippen molar-refractivity contribution in [1.29, 1.82) is 0 Å². The second-order valence-corrected chi connectivity index (χ2v) is 2.97. The van der Waals surface area contributed by atoms with Gasteiger partial charge in [0.05, 0.1) is 13.0 Å². The van der Waals surface area contributed by atoms with Gasteiger partial charge in [0, 0.05) is 5.92 Å².